The van der Waals surface area contributed by atoms with Gasteiger partial charge in [0, 0.05) is 0 Å². The minimum absolute atomic E-state index is 0.0280. The fourth-order valence-electron chi connectivity index (χ4n) is 1.13. The van der Waals surface area contributed by atoms with E-state index in [9.17, 15) is 18.0 Å². The Morgan fingerprint density at radius 1 is 1.65 bits per heavy atom. The number of pyridine rings is 1. The summed E-state index contributed by atoms with van der Waals surface area (Å²) in [6, 6.07) is 2.12. The Bertz CT molecular complexity index is 483. The average molecular weight is 244 g/mol. The number of carbonyl (C=O) groups excluding carboxylic acids is 1. The topological polar surface area (TPSA) is 63.0 Å². The minimum Gasteiger partial charge on any atom is -0.462 e. The molecule has 0 amide bonds. The second-order valence-corrected chi connectivity index (χ2v) is 2.89. The molecule has 1 rings (SSSR count). The van der Waals surface area contributed by atoms with Crippen molar-refractivity contribution in [1.82, 2.24) is 4.98 Å². The zero-order valence-corrected chi connectivity index (χ0v) is 8.71. The molecule has 90 valence electrons. The summed E-state index contributed by atoms with van der Waals surface area (Å²) in [5.74, 6) is -2.53. The normalized spacial score (nSPS) is 10.1. The van der Waals surface area contributed by atoms with Gasteiger partial charge in [0.2, 0.25) is 5.95 Å². The molecule has 0 aromatic carbocycles. The molecule has 17 heavy (non-hydrogen) atoms. The third kappa shape index (κ3) is 2.72. The summed E-state index contributed by atoms with van der Waals surface area (Å²) in [6.07, 6.45) is -3.02. The quantitative estimate of drug-likeness (QED) is 0.604. The van der Waals surface area contributed by atoms with Crippen LogP contribution in [0.5, 0.6) is 0 Å². The van der Waals surface area contributed by atoms with Crippen LogP contribution in [-0.4, -0.2) is 17.6 Å². The molecule has 0 aliphatic rings. The maximum absolute atomic E-state index is 13.3. The summed E-state index contributed by atoms with van der Waals surface area (Å²) < 4.78 is 42.4. The lowest BCUT2D eigenvalue weighted by atomic mass is 10.1. The molecular formula is C10H7F3N2O2. The van der Waals surface area contributed by atoms with Crippen LogP contribution in [0.1, 0.15) is 35.0 Å². The molecule has 0 N–H and O–H groups in total. The van der Waals surface area contributed by atoms with Crippen LogP contribution in [0.2, 0.25) is 0 Å². The summed E-state index contributed by atoms with van der Waals surface area (Å²) in [5.41, 5.74) is -2.14. The lowest BCUT2D eigenvalue weighted by Crippen LogP contribution is -2.12. The first kappa shape index (κ1) is 13.0. The molecule has 0 saturated carbocycles. The molecule has 0 unspecified atom stereocenters. The zero-order valence-electron chi connectivity index (χ0n) is 8.71. The van der Waals surface area contributed by atoms with Gasteiger partial charge in [-0.3, -0.25) is 0 Å². The number of aromatic nitrogens is 1. The van der Waals surface area contributed by atoms with Gasteiger partial charge < -0.3 is 4.74 Å². The summed E-state index contributed by atoms with van der Waals surface area (Å²) in [4.78, 5) is 14.2. The van der Waals surface area contributed by atoms with Crippen LogP contribution in [0, 0.1) is 17.3 Å². The van der Waals surface area contributed by atoms with Crippen LogP contribution in [-0.2, 0) is 4.74 Å². The van der Waals surface area contributed by atoms with Gasteiger partial charge in [-0.25, -0.2) is 18.6 Å². The molecule has 0 atom stereocenters. The first-order valence-corrected chi connectivity index (χ1v) is 4.57. The van der Waals surface area contributed by atoms with Crippen LogP contribution in [0.15, 0.2) is 6.07 Å². The van der Waals surface area contributed by atoms with Crippen molar-refractivity contribution in [3.8, 4) is 6.07 Å². The highest BCUT2D eigenvalue weighted by Crippen LogP contribution is 2.21. The van der Waals surface area contributed by atoms with Crippen molar-refractivity contribution in [2.75, 3.05) is 6.61 Å². The van der Waals surface area contributed by atoms with E-state index in [1.807, 2.05) is 0 Å². The van der Waals surface area contributed by atoms with E-state index in [1.54, 1.807) is 0 Å². The van der Waals surface area contributed by atoms with Gasteiger partial charge in [-0.2, -0.15) is 9.65 Å². The molecule has 0 spiro atoms. The highest BCUT2D eigenvalue weighted by molar-refractivity contribution is 5.92. The standard InChI is InChI=1S/C10H7F3N2O2/c1-2-17-10(16)7-5(4-14)3-6(8(11)12)15-9(7)13/h3,8H,2H2,1H3. The maximum Gasteiger partial charge on any atom is 0.344 e. The van der Waals surface area contributed by atoms with E-state index in [1.165, 1.54) is 13.0 Å². The molecule has 1 aromatic heterocycles. The lowest BCUT2D eigenvalue weighted by Gasteiger charge is -2.06. The lowest BCUT2D eigenvalue weighted by molar-refractivity contribution is 0.0518. The van der Waals surface area contributed by atoms with E-state index < -0.39 is 35.2 Å². The Kier molecular flexibility index (Phi) is 4.04. The molecule has 0 fully saturated rings. The van der Waals surface area contributed by atoms with Gasteiger partial charge in [0.05, 0.1) is 12.2 Å². The smallest absolute Gasteiger partial charge is 0.344 e. The first-order valence-electron chi connectivity index (χ1n) is 4.57. The fourth-order valence-corrected chi connectivity index (χ4v) is 1.13. The highest BCUT2D eigenvalue weighted by atomic mass is 19.3. The van der Waals surface area contributed by atoms with Crippen molar-refractivity contribution >= 4 is 5.97 Å². The molecule has 7 heteroatoms. The van der Waals surface area contributed by atoms with E-state index >= 15 is 0 Å². The highest BCUT2D eigenvalue weighted by Gasteiger charge is 2.23. The number of hydrogen-bond acceptors (Lipinski definition) is 4. The van der Waals surface area contributed by atoms with Crippen molar-refractivity contribution in [2.24, 2.45) is 0 Å². The van der Waals surface area contributed by atoms with Crippen LogP contribution < -0.4 is 0 Å². The molecule has 0 radical (unpaired) electrons. The van der Waals surface area contributed by atoms with Crippen molar-refractivity contribution in [3.63, 3.8) is 0 Å². The summed E-state index contributed by atoms with van der Waals surface area (Å²) in [6.45, 7) is 1.46. The Balaban J connectivity index is 3.32. The number of esters is 1. The largest absolute Gasteiger partial charge is 0.462 e. The van der Waals surface area contributed by atoms with E-state index in [2.05, 4.69) is 9.72 Å². The monoisotopic (exact) mass is 244 g/mol. The average Bonchev–Trinajstić information content (AvgIpc) is 2.27. The summed E-state index contributed by atoms with van der Waals surface area (Å²) in [7, 11) is 0. The van der Waals surface area contributed by atoms with E-state index in [-0.39, 0.29) is 6.61 Å². The molecule has 0 aliphatic carbocycles. The third-order valence-corrected chi connectivity index (χ3v) is 1.82. The van der Waals surface area contributed by atoms with E-state index in [4.69, 9.17) is 5.26 Å². The van der Waals surface area contributed by atoms with Crippen LogP contribution >= 0.6 is 0 Å². The van der Waals surface area contributed by atoms with Gasteiger partial charge >= 0.3 is 5.97 Å². The number of ether oxygens (including phenoxy) is 1. The number of halogens is 3. The molecule has 1 heterocycles. The van der Waals surface area contributed by atoms with Gasteiger partial charge in [0.15, 0.2) is 0 Å². The van der Waals surface area contributed by atoms with Crippen molar-refractivity contribution in [2.45, 2.75) is 13.3 Å². The van der Waals surface area contributed by atoms with Crippen molar-refractivity contribution in [1.29, 1.82) is 5.26 Å². The molecule has 4 nitrogen and oxygen atoms in total. The Morgan fingerprint density at radius 2 is 2.29 bits per heavy atom. The second kappa shape index (κ2) is 5.30. The SMILES string of the molecule is CCOC(=O)c1c(C#N)cc(C(F)F)nc1F. The van der Waals surface area contributed by atoms with Crippen molar-refractivity contribution < 1.29 is 22.7 Å². The number of hydrogen-bond donors (Lipinski definition) is 0. The van der Waals surface area contributed by atoms with Crippen LogP contribution in [0.4, 0.5) is 13.2 Å². The van der Waals surface area contributed by atoms with Gasteiger partial charge in [0.25, 0.3) is 6.43 Å². The predicted octanol–water partition coefficient (Wildman–Crippen LogP) is 2.21. The fraction of sp³-hybridized carbons (Fsp3) is 0.300. The third-order valence-electron chi connectivity index (χ3n) is 1.82. The van der Waals surface area contributed by atoms with Crippen LogP contribution in [0.25, 0.3) is 0 Å². The van der Waals surface area contributed by atoms with Gasteiger partial charge in [-0.05, 0) is 13.0 Å². The number of nitriles is 1. The van der Waals surface area contributed by atoms with Gasteiger partial charge in [-0.15, -0.1) is 0 Å². The van der Waals surface area contributed by atoms with Crippen LogP contribution in [0.3, 0.4) is 0 Å². The molecule has 0 aliphatic heterocycles. The Morgan fingerprint density at radius 3 is 2.76 bits per heavy atom. The van der Waals surface area contributed by atoms with E-state index in [0.29, 0.717) is 6.07 Å². The van der Waals surface area contributed by atoms with Gasteiger partial charge in [0.1, 0.15) is 17.3 Å². The zero-order chi connectivity index (χ0) is 13.0. The summed E-state index contributed by atoms with van der Waals surface area (Å²) in [5, 5.41) is 8.67. The number of rotatable bonds is 3. The Labute approximate surface area is 94.6 Å². The van der Waals surface area contributed by atoms with E-state index in [0.717, 1.165) is 0 Å². The number of carbonyl (C=O) groups is 1. The summed E-state index contributed by atoms with van der Waals surface area (Å²) >= 11 is 0. The number of alkyl halides is 2. The molecule has 0 saturated heterocycles. The predicted molar refractivity (Wildman–Crippen MR) is 49.8 cm³/mol. The maximum atomic E-state index is 13.3. The molecule has 1 aromatic rings. The molecular weight excluding hydrogens is 237 g/mol. The first-order chi connectivity index (χ1) is 8.01. The Hall–Kier alpha value is -2.10. The minimum atomic E-state index is -3.02. The van der Waals surface area contributed by atoms with Gasteiger partial charge in [-0.1, -0.05) is 0 Å². The van der Waals surface area contributed by atoms with Crippen molar-refractivity contribution in [3.05, 3.63) is 28.8 Å². The second-order valence-electron chi connectivity index (χ2n) is 2.89. The molecule has 0 bridgehead atoms. The number of nitrogens with zero attached hydrogens (tertiary/aromatic N) is 2.